The van der Waals surface area contributed by atoms with Gasteiger partial charge >= 0.3 is 6.18 Å². The Labute approximate surface area is 179 Å². The molecule has 164 valence electrons. The molecule has 2 aliphatic heterocycles. The Morgan fingerprint density at radius 2 is 1.87 bits per heavy atom. The van der Waals surface area contributed by atoms with Crippen molar-refractivity contribution in [2.24, 2.45) is 11.8 Å². The fourth-order valence-corrected chi connectivity index (χ4v) is 4.65. The number of thioether (sulfide) groups is 1. The van der Waals surface area contributed by atoms with E-state index < -0.39 is 23.1 Å². The van der Waals surface area contributed by atoms with Crippen molar-refractivity contribution in [1.29, 1.82) is 5.26 Å². The van der Waals surface area contributed by atoms with Gasteiger partial charge in [-0.25, -0.2) is 4.98 Å². The summed E-state index contributed by atoms with van der Waals surface area (Å²) in [4.78, 5) is 6.25. The molecule has 1 aromatic carbocycles. The van der Waals surface area contributed by atoms with Crippen LogP contribution in [0, 0.1) is 23.2 Å². The third-order valence-electron chi connectivity index (χ3n) is 5.49. The van der Waals surface area contributed by atoms with Crippen LogP contribution in [-0.2, 0) is 6.18 Å². The van der Waals surface area contributed by atoms with E-state index in [1.807, 2.05) is 0 Å². The van der Waals surface area contributed by atoms with Gasteiger partial charge in [0.2, 0.25) is 0 Å². The van der Waals surface area contributed by atoms with Gasteiger partial charge in [-0.15, -0.1) is 0 Å². The van der Waals surface area contributed by atoms with Crippen LogP contribution in [-0.4, -0.2) is 36.9 Å². The van der Waals surface area contributed by atoms with Crippen LogP contribution in [0.3, 0.4) is 0 Å². The van der Waals surface area contributed by atoms with Crippen LogP contribution in [0.1, 0.15) is 11.1 Å². The molecule has 11 heteroatoms. The second-order valence-electron chi connectivity index (χ2n) is 7.44. The van der Waals surface area contributed by atoms with E-state index in [9.17, 15) is 27.2 Å². The van der Waals surface area contributed by atoms with Gasteiger partial charge in [-0.05, 0) is 30.0 Å². The first-order valence-electron chi connectivity index (χ1n) is 9.55. The summed E-state index contributed by atoms with van der Waals surface area (Å²) in [6.45, 7) is 2.72. The van der Waals surface area contributed by atoms with E-state index in [-0.39, 0.29) is 34.0 Å². The standard InChI is InChI=1S/C20H18F5N5S/c21-19(22)31-16-4-2-1-3-15(16)28-18-13(6-26)14(20(23,24)25)5-17(29-18)30-9-11-7-27-8-12(11)10-30/h1-5,11-12,19,27H,7-10H2,(H,28,29)/t11-,12+. The maximum atomic E-state index is 13.8. The first kappa shape index (κ1) is 21.6. The van der Waals surface area contributed by atoms with E-state index in [1.54, 1.807) is 23.1 Å². The summed E-state index contributed by atoms with van der Waals surface area (Å²) >= 11 is 0.262. The number of benzene rings is 1. The van der Waals surface area contributed by atoms with E-state index in [4.69, 9.17) is 0 Å². The topological polar surface area (TPSA) is 64.0 Å². The van der Waals surface area contributed by atoms with Gasteiger partial charge in [0.15, 0.2) is 5.82 Å². The summed E-state index contributed by atoms with van der Waals surface area (Å²) in [6, 6.07) is 8.47. The quantitative estimate of drug-likeness (QED) is 0.504. The van der Waals surface area contributed by atoms with Crippen LogP contribution in [0.25, 0.3) is 0 Å². The molecule has 2 saturated heterocycles. The summed E-state index contributed by atoms with van der Waals surface area (Å²) in [6.07, 6.45) is -4.77. The van der Waals surface area contributed by atoms with Crippen molar-refractivity contribution in [2.75, 3.05) is 36.4 Å². The highest BCUT2D eigenvalue weighted by Gasteiger charge is 2.40. The molecule has 0 bridgehead atoms. The number of nitriles is 1. The van der Waals surface area contributed by atoms with Crippen LogP contribution in [0.4, 0.5) is 39.3 Å². The van der Waals surface area contributed by atoms with Crippen molar-refractivity contribution >= 4 is 29.1 Å². The van der Waals surface area contributed by atoms with Crippen LogP contribution in [0.2, 0.25) is 0 Å². The van der Waals surface area contributed by atoms with E-state index in [0.29, 0.717) is 24.9 Å². The largest absolute Gasteiger partial charge is 0.417 e. The van der Waals surface area contributed by atoms with E-state index in [2.05, 4.69) is 15.6 Å². The molecule has 5 nitrogen and oxygen atoms in total. The zero-order valence-corrected chi connectivity index (χ0v) is 16.9. The Bertz CT molecular complexity index is 994. The minimum absolute atomic E-state index is 0.113. The third-order valence-corrected chi connectivity index (χ3v) is 6.28. The number of aromatic nitrogens is 1. The third kappa shape index (κ3) is 4.55. The molecule has 2 aromatic rings. The minimum Gasteiger partial charge on any atom is -0.356 e. The van der Waals surface area contributed by atoms with Gasteiger partial charge in [-0.2, -0.15) is 27.2 Å². The van der Waals surface area contributed by atoms with Gasteiger partial charge in [0.1, 0.15) is 17.5 Å². The molecule has 0 saturated carbocycles. The highest BCUT2D eigenvalue weighted by atomic mass is 32.2. The minimum atomic E-state index is -4.77. The number of para-hydroxylation sites is 1. The summed E-state index contributed by atoms with van der Waals surface area (Å²) in [5, 5.41) is 15.4. The van der Waals surface area contributed by atoms with E-state index in [1.165, 1.54) is 12.1 Å². The highest BCUT2D eigenvalue weighted by Crippen LogP contribution is 2.40. The molecule has 3 heterocycles. The molecule has 0 amide bonds. The highest BCUT2D eigenvalue weighted by molar-refractivity contribution is 7.99. The van der Waals surface area contributed by atoms with Crippen LogP contribution < -0.4 is 15.5 Å². The Kier molecular flexibility index (Phi) is 5.94. The average Bonchev–Trinajstić information content (AvgIpc) is 3.30. The van der Waals surface area contributed by atoms with Gasteiger partial charge in [0.25, 0.3) is 5.76 Å². The van der Waals surface area contributed by atoms with Gasteiger partial charge in [0.05, 0.1) is 11.3 Å². The molecule has 1 aromatic heterocycles. The zero-order valence-electron chi connectivity index (χ0n) is 16.1. The van der Waals surface area contributed by atoms with E-state index >= 15 is 0 Å². The van der Waals surface area contributed by atoms with Crippen molar-refractivity contribution in [3.8, 4) is 6.07 Å². The van der Waals surface area contributed by atoms with Gasteiger partial charge in [0, 0.05) is 31.1 Å². The maximum absolute atomic E-state index is 13.8. The van der Waals surface area contributed by atoms with Crippen LogP contribution >= 0.6 is 11.8 Å². The number of nitrogens with zero attached hydrogens (tertiary/aromatic N) is 3. The Morgan fingerprint density at radius 3 is 2.48 bits per heavy atom. The molecule has 0 unspecified atom stereocenters. The number of halogens is 5. The Morgan fingerprint density at radius 1 is 1.19 bits per heavy atom. The van der Waals surface area contributed by atoms with Crippen LogP contribution in [0.15, 0.2) is 35.2 Å². The number of fused-ring (bicyclic) bond motifs is 1. The van der Waals surface area contributed by atoms with Crippen molar-refractivity contribution in [1.82, 2.24) is 10.3 Å². The number of hydrogen-bond donors (Lipinski definition) is 2. The number of alkyl halides is 5. The predicted octanol–water partition coefficient (Wildman–Crippen LogP) is 4.69. The van der Waals surface area contributed by atoms with Gasteiger partial charge in [-0.3, -0.25) is 0 Å². The number of rotatable bonds is 5. The lowest BCUT2D eigenvalue weighted by atomic mass is 10.0. The zero-order chi connectivity index (χ0) is 22.2. The smallest absolute Gasteiger partial charge is 0.356 e. The molecule has 4 rings (SSSR count). The van der Waals surface area contributed by atoms with Gasteiger partial charge in [-0.1, -0.05) is 23.9 Å². The monoisotopic (exact) mass is 455 g/mol. The molecule has 0 radical (unpaired) electrons. The molecule has 0 spiro atoms. The Hall–Kier alpha value is -2.58. The number of pyridine rings is 1. The second-order valence-corrected chi connectivity index (χ2v) is 8.48. The second kappa shape index (κ2) is 8.51. The molecule has 2 aliphatic rings. The molecular weight excluding hydrogens is 437 g/mol. The average molecular weight is 455 g/mol. The van der Waals surface area contributed by atoms with Crippen molar-refractivity contribution in [3.05, 3.63) is 41.5 Å². The molecule has 2 fully saturated rings. The van der Waals surface area contributed by atoms with E-state index in [0.717, 1.165) is 19.2 Å². The lowest BCUT2D eigenvalue weighted by Gasteiger charge is -2.22. The fraction of sp³-hybridized carbons (Fsp3) is 0.400. The number of nitrogens with one attached hydrogen (secondary N) is 2. The lowest BCUT2D eigenvalue weighted by Crippen LogP contribution is -2.27. The van der Waals surface area contributed by atoms with Crippen molar-refractivity contribution < 1.29 is 22.0 Å². The number of anilines is 3. The van der Waals surface area contributed by atoms with Gasteiger partial charge < -0.3 is 15.5 Å². The fourth-order valence-electron chi connectivity index (χ4n) is 4.06. The maximum Gasteiger partial charge on any atom is 0.417 e. The lowest BCUT2D eigenvalue weighted by molar-refractivity contribution is -0.137. The molecule has 2 atom stereocenters. The molecule has 2 N–H and O–H groups in total. The van der Waals surface area contributed by atoms with Crippen molar-refractivity contribution in [2.45, 2.75) is 16.8 Å². The predicted molar refractivity (Wildman–Crippen MR) is 108 cm³/mol. The SMILES string of the molecule is N#Cc1c(C(F)(F)F)cc(N2C[C@H]3CNC[C@H]3C2)nc1Nc1ccccc1SC(F)F. The van der Waals surface area contributed by atoms with Crippen LogP contribution in [0.5, 0.6) is 0 Å². The van der Waals surface area contributed by atoms with Crippen molar-refractivity contribution in [3.63, 3.8) is 0 Å². The molecule has 0 aliphatic carbocycles. The summed E-state index contributed by atoms with van der Waals surface area (Å²) in [5.74, 6) is -2.24. The number of hydrogen-bond acceptors (Lipinski definition) is 6. The normalized spacial score (nSPS) is 20.7. The summed E-state index contributed by atoms with van der Waals surface area (Å²) in [5.41, 5.74) is -1.62. The summed E-state index contributed by atoms with van der Waals surface area (Å²) < 4.78 is 67.1. The first-order chi connectivity index (χ1) is 14.8. The molecule has 31 heavy (non-hydrogen) atoms. The Balaban J connectivity index is 1.75. The first-order valence-corrected chi connectivity index (χ1v) is 10.4. The summed E-state index contributed by atoms with van der Waals surface area (Å²) in [7, 11) is 0. The molecular formula is C20H18F5N5S.